The fraction of sp³-hybridized carbons (Fsp3) is 0.190. The largest absolute Gasteiger partial charge is 0.454 e. The van der Waals surface area contributed by atoms with Gasteiger partial charge in [0.15, 0.2) is 18.1 Å². The van der Waals surface area contributed by atoms with Crippen LogP contribution in [0.2, 0.25) is 0 Å². The Morgan fingerprint density at radius 1 is 1.24 bits per heavy atom. The van der Waals surface area contributed by atoms with Gasteiger partial charge < -0.3 is 19.5 Å². The van der Waals surface area contributed by atoms with Crippen molar-refractivity contribution in [1.82, 2.24) is 10.3 Å². The molecule has 0 radical (unpaired) electrons. The fourth-order valence-corrected chi connectivity index (χ4v) is 3.70. The summed E-state index contributed by atoms with van der Waals surface area (Å²) in [5, 5.41) is 3.49. The van der Waals surface area contributed by atoms with Gasteiger partial charge in [-0.05, 0) is 42.8 Å². The van der Waals surface area contributed by atoms with Gasteiger partial charge in [-0.25, -0.2) is 9.78 Å². The van der Waals surface area contributed by atoms with Gasteiger partial charge in [-0.2, -0.15) is 0 Å². The van der Waals surface area contributed by atoms with Crippen LogP contribution in [0.25, 0.3) is 16.3 Å². The van der Waals surface area contributed by atoms with Crippen LogP contribution >= 0.6 is 11.3 Å². The van der Waals surface area contributed by atoms with Crippen LogP contribution < -0.4 is 14.8 Å². The number of para-hydroxylation sites is 1. The maximum Gasteiger partial charge on any atom is 0.331 e. The summed E-state index contributed by atoms with van der Waals surface area (Å²) in [5.74, 6) is 0.336. The van der Waals surface area contributed by atoms with Crippen molar-refractivity contribution < 1.29 is 23.8 Å². The molecule has 1 atom stereocenters. The van der Waals surface area contributed by atoms with E-state index in [2.05, 4.69) is 10.3 Å². The van der Waals surface area contributed by atoms with Gasteiger partial charge in [-0.3, -0.25) is 4.79 Å². The highest BCUT2D eigenvalue weighted by molar-refractivity contribution is 7.19. The lowest BCUT2D eigenvalue weighted by atomic mass is 10.1. The van der Waals surface area contributed by atoms with Crippen LogP contribution in [-0.2, 0) is 14.3 Å². The van der Waals surface area contributed by atoms with E-state index < -0.39 is 11.9 Å². The van der Waals surface area contributed by atoms with E-state index in [4.69, 9.17) is 14.2 Å². The van der Waals surface area contributed by atoms with Crippen LogP contribution in [0.3, 0.4) is 0 Å². The molecule has 3 aromatic rings. The number of carbonyl (C=O) groups is 2. The van der Waals surface area contributed by atoms with Crippen LogP contribution in [-0.4, -0.2) is 30.3 Å². The van der Waals surface area contributed by atoms with E-state index in [1.54, 1.807) is 12.1 Å². The molecule has 4 rings (SSSR count). The Bertz CT molecular complexity index is 1060. The molecular formula is C21H18N2O5S. The van der Waals surface area contributed by atoms with Crippen molar-refractivity contribution in [2.75, 3.05) is 13.4 Å². The van der Waals surface area contributed by atoms with Gasteiger partial charge in [-0.1, -0.05) is 18.2 Å². The van der Waals surface area contributed by atoms with Crippen LogP contribution in [0.5, 0.6) is 11.5 Å². The van der Waals surface area contributed by atoms with Crippen LogP contribution in [0.4, 0.5) is 0 Å². The van der Waals surface area contributed by atoms with Gasteiger partial charge in [0.2, 0.25) is 6.79 Å². The number of nitrogens with one attached hydrogen (secondary N) is 1. The van der Waals surface area contributed by atoms with Crippen molar-refractivity contribution in [3.63, 3.8) is 0 Å². The third-order valence-electron chi connectivity index (χ3n) is 4.29. The minimum Gasteiger partial charge on any atom is -0.454 e. The molecular weight excluding hydrogens is 392 g/mol. The van der Waals surface area contributed by atoms with Crippen molar-refractivity contribution in [3.8, 4) is 11.5 Å². The van der Waals surface area contributed by atoms with Crippen LogP contribution in [0.1, 0.15) is 23.5 Å². The number of carbonyl (C=O) groups excluding carboxylic acids is 2. The number of rotatable bonds is 6. The average molecular weight is 410 g/mol. The van der Waals surface area contributed by atoms with E-state index >= 15 is 0 Å². The number of fused-ring (bicyclic) bond motifs is 2. The summed E-state index contributed by atoms with van der Waals surface area (Å²) < 4.78 is 16.7. The van der Waals surface area contributed by atoms with Crippen molar-refractivity contribution in [2.24, 2.45) is 0 Å². The number of esters is 1. The molecule has 0 saturated heterocycles. The zero-order chi connectivity index (χ0) is 20.2. The fourth-order valence-electron chi connectivity index (χ4n) is 2.83. The van der Waals surface area contributed by atoms with E-state index in [1.165, 1.54) is 17.4 Å². The first-order valence-corrected chi connectivity index (χ1v) is 9.79. The molecule has 148 valence electrons. The molecule has 2 heterocycles. The highest BCUT2D eigenvalue weighted by Gasteiger charge is 2.17. The first-order chi connectivity index (χ1) is 14.1. The summed E-state index contributed by atoms with van der Waals surface area (Å²) in [6.45, 7) is 1.67. The first-order valence-electron chi connectivity index (χ1n) is 8.98. The maximum absolute atomic E-state index is 12.1. The minimum atomic E-state index is -0.602. The molecule has 0 spiro atoms. The monoisotopic (exact) mass is 410 g/mol. The molecule has 7 nitrogen and oxygen atoms in total. The van der Waals surface area contributed by atoms with Gasteiger partial charge >= 0.3 is 5.97 Å². The van der Waals surface area contributed by atoms with E-state index in [0.717, 1.165) is 15.8 Å². The number of benzene rings is 2. The van der Waals surface area contributed by atoms with Crippen molar-refractivity contribution in [2.45, 2.75) is 13.0 Å². The standard InChI is InChI=1S/C21H18N2O5S/c1-13(14-6-7-16-17(10-14)28-12-27-16)22-19(24)11-26-21(25)9-8-20-23-15-4-2-3-5-18(15)29-20/h2-10,13H,11-12H2,1H3,(H,22,24)/b9-8+/t13-/m1/s1. The molecule has 1 aliphatic rings. The van der Waals surface area contributed by atoms with E-state index in [9.17, 15) is 9.59 Å². The summed E-state index contributed by atoms with van der Waals surface area (Å²) in [6, 6.07) is 12.9. The Balaban J connectivity index is 1.27. The predicted octanol–water partition coefficient (Wildman–Crippen LogP) is 3.46. The molecule has 1 amide bonds. The second kappa shape index (κ2) is 8.32. The normalized spacial score (nSPS) is 13.6. The minimum absolute atomic E-state index is 0.194. The molecule has 0 unspecified atom stereocenters. The van der Waals surface area contributed by atoms with Crippen molar-refractivity contribution >= 4 is 39.5 Å². The van der Waals surface area contributed by atoms with Crippen molar-refractivity contribution in [1.29, 1.82) is 0 Å². The average Bonchev–Trinajstić information content (AvgIpc) is 3.36. The molecule has 29 heavy (non-hydrogen) atoms. The summed E-state index contributed by atoms with van der Waals surface area (Å²) in [5.41, 5.74) is 1.74. The molecule has 0 aliphatic carbocycles. The van der Waals surface area contributed by atoms with E-state index in [-0.39, 0.29) is 19.4 Å². The molecule has 1 aliphatic heterocycles. The molecule has 1 N–H and O–H groups in total. The predicted molar refractivity (Wildman–Crippen MR) is 109 cm³/mol. The Morgan fingerprint density at radius 2 is 2.07 bits per heavy atom. The number of aromatic nitrogens is 1. The third kappa shape index (κ3) is 4.55. The Hall–Kier alpha value is -3.39. The van der Waals surface area contributed by atoms with Gasteiger partial charge in [0, 0.05) is 6.08 Å². The zero-order valence-corrected chi connectivity index (χ0v) is 16.4. The first kappa shape index (κ1) is 18.9. The molecule has 0 fully saturated rings. The third-order valence-corrected chi connectivity index (χ3v) is 5.29. The van der Waals surface area contributed by atoms with E-state index in [0.29, 0.717) is 16.5 Å². The Kier molecular flexibility index (Phi) is 5.44. The SMILES string of the molecule is C[C@@H](NC(=O)COC(=O)/C=C/c1nc2ccccc2s1)c1ccc2c(c1)OCO2. The van der Waals surface area contributed by atoms with Gasteiger partial charge in [0.25, 0.3) is 5.91 Å². The molecule has 8 heteroatoms. The quantitative estimate of drug-likeness (QED) is 0.495. The lowest BCUT2D eigenvalue weighted by Crippen LogP contribution is -2.30. The molecule has 1 aromatic heterocycles. The number of ether oxygens (including phenoxy) is 3. The van der Waals surface area contributed by atoms with Gasteiger partial charge in [-0.15, -0.1) is 11.3 Å². The molecule has 0 saturated carbocycles. The van der Waals surface area contributed by atoms with Gasteiger partial charge in [0.1, 0.15) is 5.01 Å². The Morgan fingerprint density at radius 3 is 2.93 bits per heavy atom. The second-order valence-electron chi connectivity index (χ2n) is 6.36. The number of amides is 1. The molecule has 0 bridgehead atoms. The van der Waals surface area contributed by atoms with Crippen molar-refractivity contribution in [3.05, 3.63) is 59.1 Å². The van der Waals surface area contributed by atoms with Crippen LogP contribution in [0, 0.1) is 0 Å². The Labute approximate surface area is 170 Å². The molecule has 2 aromatic carbocycles. The topological polar surface area (TPSA) is 86.8 Å². The number of hydrogen-bond acceptors (Lipinski definition) is 7. The summed E-state index contributed by atoms with van der Waals surface area (Å²) >= 11 is 1.47. The zero-order valence-electron chi connectivity index (χ0n) is 15.6. The smallest absolute Gasteiger partial charge is 0.331 e. The number of thiazole rings is 1. The second-order valence-corrected chi connectivity index (χ2v) is 7.42. The summed E-state index contributed by atoms with van der Waals surface area (Å²) in [7, 11) is 0. The lowest BCUT2D eigenvalue weighted by Gasteiger charge is -2.14. The highest BCUT2D eigenvalue weighted by atomic mass is 32.1. The maximum atomic E-state index is 12.1. The summed E-state index contributed by atoms with van der Waals surface area (Å²) in [6.07, 6.45) is 2.85. The van der Waals surface area contributed by atoms with Crippen LogP contribution in [0.15, 0.2) is 48.5 Å². The van der Waals surface area contributed by atoms with E-state index in [1.807, 2.05) is 43.3 Å². The summed E-state index contributed by atoms with van der Waals surface area (Å²) in [4.78, 5) is 28.4. The lowest BCUT2D eigenvalue weighted by molar-refractivity contribution is -0.144. The number of hydrogen-bond donors (Lipinski definition) is 1. The van der Waals surface area contributed by atoms with Gasteiger partial charge in [0.05, 0.1) is 16.3 Å². The highest BCUT2D eigenvalue weighted by Crippen LogP contribution is 2.34. The number of nitrogens with zero attached hydrogens (tertiary/aromatic N) is 1.